The lowest BCUT2D eigenvalue weighted by Gasteiger charge is -2.01. The molecule has 0 fully saturated rings. The number of nitrogens with zero attached hydrogens (tertiary/aromatic N) is 3. The van der Waals surface area contributed by atoms with Gasteiger partial charge in [-0.2, -0.15) is 5.10 Å². The second-order valence-corrected chi connectivity index (χ2v) is 4.67. The minimum absolute atomic E-state index is 0.0765. The lowest BCUT2D eigenvalue weighted by atomic mass is 10.1. The van der Waals surface area contributed by atoms with Gasteiger partial charge in [0.2, 0.25) is 0 Å². The third-order valence-corrected chi connectivity index (χ3v) is 2.97. The Morgan fingerprint density at radius 3 is 2.20 bits per heavy atom. The fourth-order valence-corrected chi connectivity index (χ4v) is 1.86. The molecule has 0 aliphatic heterocycles. The zero-order chi connectivity index (χ0) is 18.6. The van der Waals surface area contributed by atoms with Gasteiger partial charge in [-0.1, -0.05) is 6.07 Å². The quantitative estimate of drug-likeness (QED) is 0.420. The Morgan fingerprint density at radius 2 is 1.68 bits per heavy atom. The van der Waals surface area contributed by atoms with Gasteiger partial charge in [-0.05, 0) is 18.2 Å². The first-order valence-electron chi connectivity index (χ1n) is 6.58. The first-order valence-corrected chi connectivity index (χ1v) is 6.58. The van der Waals surface area contributed by atoms with E-state index in [-0.39, 0.29) is 16.9 Å². The number of carbonyl (C=O) groups is 1. The SMILES string of the molecule is O=C(NN=Cc1cc([N+](=O)[O-])c(O)c([N+](=O)[O-])c1)c1cccc(O)c1. The second kappa shape index (κ2) is 7.04. The molecule has 0 aromatic heterocycles. The van der Waals surface area contributed by atoms with Gasteiger partial charge in [-0.15, -0.1) is 0 Å². The number of phenolic OH excluding ortho intramolecular Hbond substituents is 2. The van der Waals surface area contributed by atoms with E-state index in [4.69, 9.17) is 0 Å². The summed E-state index contributed by atoms with van der Waals surface area (Å²) in [6.07, 6.45) is 0.945. The molecule has 2 aromatic carbocycles. The number of amides is 1. The fourth-order valence-electron chi connectivity index (χ4n) is 1.86. The second-order valence-electron chi connectivity index (χ2n) is 4.67. The van der Waals surface area contributed by atoms with Crippen molar-refractivity contribution in [3.8, 4) is 11.5 Å². The van der Waals surface area contributed by atoms with E-state index in [1.165, 1.54) is 24.3 Å². The van der Waals surface area contributed by atoms with E-state index in [9.17, 15) is 35.2 Å². The van der Waals surface area contributed by atoms with Gasteiger partial charge < -0.3 is 10.2 Å². The van der Waals surface area contributed by atoms with Crippen molar-refractivity contribution in [3.63, 3.8) is 0 Å². The van der Waals surface area contributed by atoms with Gasteiger partial charge in [0.1, 0.15) is 5.75 Å². The molecule has 0 radical (unpaired) electrons. The van der Waals surface area contributed by atoms with Crippen LogP contribution in [0.4, 0.5) is 11.4 Å². The molecule has 0 aliphatic rings. The van der Waals surface area contributed by atoms with Crippen molar-refractivity contribution in [1.29, 1.82) is 0 Å². The minimum atomic E-state index is -1.07. The molecule has 1 amide bonds. The average Bonchev–Trinajstić information content (AvgIpc) is 2.55. The number of nitro benzene ring substituents is 2. The summed E-state index contributed by atoms with van der Waals surface area (Å²) in [7, 11) is 0. The molecule has 0 heterocycles. The summed E-state index contributed by atoms with van der Waals surface area (Å²) in [4.78, 5) is 31.5. The normalized spacial score (nSPS) is 10.6. The number of hydrogen-bond donors (Lipinski definition) is 3. The first kappa shape index (κ1) is 17.3. The molecule has 2 rings (SSSR count). The van der Waals surface area contributed by atoms with Crippen LogP contribution in [0.1, 0.15) is 15.9 Å². The van der Waals surface area contributed by atoms with Crippen LogP contribution in [0.2, 0.25) is 0 Å². The van der Waals surface area contributed by atoms with E-state index in [1.54, 1.807) is 0 Å². The molecular weight excluding hydrogens is 336 g/mol. The molecule has 128 valence electrons. The topological polar surface area (TPSA) is 168 Å². The highest BCUT2D eigenvalue weighted by molar-refractivity contribution is 5.95. The van der Waals surface area contributed by atoms with E-state index in [1.807, 2.05) is 0 Å². The van der Waals surface area contributed by atoms with Gasteiger partial charge in [0.15, 0.2) is 0 Å². The highest BCUT2D eigenvalue weighted by Gasteiger charge is 2.25. The third-order valence-electron chi connectivity index (χ3n) is 2.97. The number of nitro groups is 2. The lowest BCUT2D eigenvalue weighted by molar-refractivity contribution is -0.396. The number of nitrogens with one attached hydrogen (secondary N) is 1. The molecular formula is C14H10N4O7. The smallest absolute Gasteiger partial charge is 0.318 e. The van der Waals surface area contributed by atoms with Crippen LogP contribution in [-0.2, 0) is 0 Å². The Bertz CT molecular complexity index is 859. The summed E-state index contributed by atoms with van der Waals surface area (Å²) in [5.41, 5.74) is 0.407. The molecule has 0 saturated carbocycles. The maximum Gasteiger partial charge on any atom is 0.318 e. The Morgan fingerprint density at radius 1 is 1.08 bits per heavy atom. The highest BCUT2D eigenvalue weighted by Crippen LogP contribution is 2.36. The van der Waals surface area contributed by atoms with Gasteiger partial charge in [0, 0.05) is 23.3 Å². The largest absolute Gasteiger partial charge is 0.508 e. The summed E-state index contributed by atoms with van der Waals surface area (Å²) in [6.45, 7) is 0. The monoisotopic (exact) mass is 346 g/mol. The molecule has 11 nitrogen and oxygen atoms in total. The summed E-state index contributed by atoms with van der Waals surface area (Å²) in [6, 6.07) is 7.16. The number of rotatable bonds is 5. The number of aromatic hydroxyl groups is 2. The van der Waals surface area contributed by atoms with E-state index >= 15 is 0 Å². The van der Waals surface area contributed by atoms with Crippen LogP contribution in [0.5, 0.6) is 11.5 Å². The third kappa shape index (κ3) is 4.04. The molecule has 11 heteroatoms. The molecule has 3 N–H and O–H groups in total. The van der Waals surface area contributed by atoms with Crippen LogP contribution < -0.4 is 5.43 Å². The molecule has 0 aliphatic carbocycles. The van der Waals surface area contributed by atoms with Gasteiger partial charge in [-0.25, -0.2) is 5.43 Å². The number of hydrogen-bond acceptors (Lipinski definition) is 8. The Kier molecular flexibility index (Phi) is 4.88. The predicted octanol–water partition coefficient (Wildman–Crippen LogP) is 1.68. The van der Waals surface area contributed by atoms with Gasteiger partial charge >= 0.3 is 11.4 Å². The summed E-state index contributed by atoms with van der Waals surface area (Å²) in [5.74, 6) is -1.87. The molecule has 0 spiro atoms. The van der Waals surface area contributed by atoms with E-state index in [0.717, 1.165) is 18.3 Å². The summed E-state index contributed by atoms with van der Waals surface area (Å²) in [5, 5.41) is 44.0. The van der Waals surface area contributed by atoms with Crippen molar-refractivity contribution >= 4 is 23.5 Å². The Balaban J connectivity index is 2.24. The fraction of sp³-hybridized carbons (Fsp3) is 0. The van der Waals surface area contributed by atoms with Gasteiger partial charge in [0.05, 0.1) is 16.1 Å². The van der Waals surface area contributed by atoms with Crippen LogP contribution in [0.25, 0.3) is 0 Å². The summed E-state index contributed by atoms with van der Waals surface area (Å²) < 4.78 is 0. The van der Waals surface area contributed by atoms with Crippen LogP contribution >= 0.6 is 0 Å². The zero-order valence-corrected chi connectivity index (χ0v) is 12.3. The highest BCUT2D eigenvalue weighted by atomic mass is 16.6. The Labute approximate surface area is 139 Å². The summed E-state index contributed by atoms with van der Waals surface area (Å²) >= 11 is 0. The van der Waals surface area contributed by atoms with Crippen LogP contribution in [-0.4, -0.2) is 32.2 Å². The zero-order valence-electron chi connectivity index (χ0n) is 12.3. The van der Waals surface area contributed by atoms with E-state index in [0.29, 0.717) is 0 Å². The van der Waals surface area contributed by atoms with Gasteiger partial charge in [0.25, 0.3) is 11.7 Å². The van der Waals surface area contributed by atoms with E-state index in [2.05, 4.69) is 10.5 Å². The van der Waals surface area contributed by atoms with E-state index < -0.39 is 32.9 Å². The van der Waals surface area contributed by atoms with Gasteiger partial charge in [-0.3, -0.25) is 25.0 Å². The molecule has 25 heavy (non-hydrogen) atoms. The number of hydrazone groups is 1. The molecule has 2 aromatic rings. The molecule has 0 atom stereocenters. The maximum absolute atomic E-state index is 11.8. The van der Waals surface area contributed by atoms with Crippen molar-refractivity contribution < 1.29 is 24.9 Å². The van der Waals surface area contributed by atoms with Crippen molar-refractivity contribution in [2.75, 3.05) is 0 Å². The molecule has 0 saturated heterocycles. The van der Waals surface area contributed by atoms with Crippen molar-refractivity contribution in [2.45, 2.75) is 0 Å². The van der Waals surface area contributed by atoms with Crippen molar-refractivity contribution in [3.05, 3.63) is 67.8 Å². The van der Waals surface area contributed by atoms with Crippen LogP contribution in [0, 0.1) is 20.2 Å². The maximum atomic E-state index is 11.8. The van der Waals surface area contributed by atoms with Crippen molar-refractivity contribution in [1.82, 2.24) is 5.43 Å². The minimum Gasteiger partial charge on any atom is -0.508 e. The number of phenols is 2. The van der Waals surface area contributed by atoms with Crippen LogP contribution in [0.15, 0.2) is 41.5 Å². The number of carbonyl (C=O) groups excluding carboxylic acids is 1. The lowest BCUT2D eigenvalue weighted by Crippen LogP contribution is -2.17. The molecule has 0 unspecified atom stereocenters. The predicted molar refractivity (Wildman–Crippen MR) is 84.6 cm³/mol. The first-order chi connectivity index (χ1) is 11.8. The molecule has 0 bridgehead atoms. The van der Waals surface area contributed by atoms with Crippen molar-refractivity contribution in [2.24, 2.45) is 5.10 Å². The standard InChI is InChI=1S/C14H10N4O7/c19-10-3-1-2-9(6-10)14(21)16-15-7-8-4-11(17(22)23)13(20)12(5-8)18(24)25/h1-7,19-20H,(H,16,21). The average molecular weight is 346 g/mol. The Hall–Kier alpha value is -4.02. The number of benzene rings is 2. The van der Waals surface area contributed by atoms with Crippen LogP contribution in [0.3, 0.4) is 0 Å².